The molecule has 0 nitrogen and oxygen atoms in total. The highest BCUT2D eigenvalue weighted by atomic mass is 19.1. The van der Waals surface area contributed by atoms with Crippen LogP contribution in [-0.4, -0.2) is 0 Å². The highest BCUT2D eigenvalue weighted by molar-refractivity contribution is 5.60. The highest BCUT2D eigenvalue weighted by Gasteiger charge is 2.24. The van der Waals surface area contributed by atoms with Gasteiger partial charge in [0, 0.05) is 0 Å². The zero-order chi connectivity index (χ0) is 13.2. The van der Waals surface area contributed by atoms with Crippen LogP contribution in [0.1, 0.15) is 56.6 Å². The lowest BCUT2D eigenvalue weighted by atomic mass is 9.74. The van der Waals surface area contributed by atoms with Gasteiger partial charge in [0.1, 0.15) is 5.82 Å². The topological polar surface area (TPSA) is 0 Å². The molecule has 1 heteroatoms. The number of fused-ring (bicyclic) bond motifs is 1. The largest absolute Gasteiger partial charge is 0.207 e. The van der Waals surface area contributed by atoms with E-state index in [1.807, 2.05) is 6.07 Å². The average Bonchev–Trinajstić information content (AvgIpc) is 2.46. The quantitative estimate of drug-likeness (QED) is 0.669. The number of halogens is 1. The SMILES string of the molecule is CCC1CCC(C2=Cc3cc(F)ccc3CC2)CC1. The summed E-state index contributed by atoms with van der Waals surface area (Å²) < 4.78 is 13.3. The summed E-state index contributed by atoms with van der Waals surface area (Å²) in [5.74, 6) is 1.61. The summed E-state index contributed by atoms with van der Waals surface area (Å²) in [6.07, 6.45) is 11.3. The second-order valence-electron chi connectivity index (χ2n) is 6.19. The van der Waals surface area contributed by atoms with E-state index in [9.17, 15) is 4.39 Å². The van der Waals surface area contributed by atoms with Gasteiger partial charge in [-0.3, -0.25) is 0 Å². The summed E-state index contributed by atoms with van der Waals surface area (Å²) in [7, 11) is 0. The van der Waals surface area contributed by atoms with Crippen LogP contribution in [0.2, 0.25) is 0 Å². The van der Waals surface area contributed by atoms with Gasteiger partial charge in [0.2, 0.25) is 0 Å². The van der Waals surface area contributed by atoms with Gasteiger partial charge in [-0.25, -0.2) is 4.39 Å². The number of hydrogen-bond donors (Lipinski definition) is 0. The molecule has 1 aromatic carbocycles. The van der Waals surface area contributed by atoms with Gasteiger partial charge in [0.15, 0.2) is 0 Å². The van der Waals surface area contributed by atoms with E-state index in [4.69, 9.17) is 0 Å². The van der Waals surface area contributed by atoms with Crippen molar-refractivity contribution in [3.8, 4) is 0 Å². The molecule has 0 heterocycles. The van der Waals surface area contributed by atoms with Crippen LogP contribution in [0.15, 0.2) is 23.8 Å². The van der Waals surface area contributed by atoms with Crippen molar-refractivity contribution < 1.29 is 4.39 Å². The molecule has 2 aliphatic rings. The van der Waals surface area contributed by atoms with E-state index in [-0.39, 0.29) is 5.82 Å². The monoisotopic (exact) mass is 258 g/mol. The van der Waals surface area contributed by atoms with Crippen molar-refractivity contribution >= 4 is 6.08 Å². The lowest BCUT2D eigenvalue weighted by Crippen LogP contribution is -2.17. The minimum atomic E-state index is -0.106. The standard InChI is InChI=1S/C18H23F/c1-2-13-3-5-14(6-4-13)16-8-7-15-9-10-18(19)12-17(15)11-16/h9-14H,2-8H2,1H3. The van der Waals surface area contributed by atoms with E-state index in [1.54, 1.807) is 17.7 Å². The van der Waals surface area contributed by atoms with Crippen LogP contribution in [0.25, 0.3) is 6.08 Å². The van der Waals surface area contributed by atoms with Crippen molar-refractivity contribution in [3.05, 3.63) is 40.7 Å². The maximum atomic E-state index is 13.3. The van der Waals surface area contributed by atoms with Crippen molar-refractivity contribution in [2.24, 2.45) is 11.8 Å². The second-order valence-corrected chi connectivity index (χ2v) is 6.19. The first kappa shape index (κ1) is 12.9. The van der Waals surface area contributed by atoms with Crippen molar-refractivity contribution in [3.63, 3.8) is 0 Å². The van der Waals surface area contributed by atoms with Gasteiger partial charge in [-0.15, -0.1) is 0 Å². The third kappa shape index (κ3) is 2.75. The third-order valence-electron chi connectivity index (χ3n) is 5.08. The molecule has 0 N–H and O–H groups in total. The van der Waals surface area contributed by atoms with E-state index in [2.05, 4.69) is 13.0 Å². The molecular formula is C18H23F. The van der Waals surface area contributed by atoms with Crippen LogP contribution < -0.4 is 0 Å². The second kappa shape index (κ2) is 5.48. The maximum Gasteiger partial charge on any atom is 0.123 e. The molecule has 0 amide bonds. The molecule has 19 heavy (non-hydrogen) atoms. The molecule has 0 bridgehead atoms. The number of allylic oxidation sites excluding steroid dienone is 1. The molecule has 0 spiro atoms. The normalized spacial score (nSPS) is 26.7. The smallest absolute Gasteiger partial charge is 0.123 e. The molecule has 0 aromatic heterocycles. The molecule has 0 atom stereocenters. The fourth-order valence-corrected chi connectivity index (χ4v) is 3.74. The van der Waals surface area contributed by atoms with E-state index in [1.165, 1.54) is 44.1 Å². The van der Waals surface area contributed by atoms with Gasteiger partial charge in [0.05, 0.1) is 0 Å². The molecule has 2 aliphatic carbocycles. The van der Waals surface area contributed by atoms with Gasteiger partial charge in [-0.2, -0.15) is 0 Å². The van der Waals surface area contributed by atoms with Crippen molar-refractivity contribution in [1.29, 1.82) is 0 Å². The number of aryl methyl sites for hydroxylation is 1. The predicted molar refractivity (Wildman–Crippen MR) is 78.4 cm³/mol. The van der Waals surface area contributed by atoms with Crippen LogP contribution in [-0.2, 0) is 6.42 Å². The highest BCUT2D eigenvalue weighted by Crippen LogP contribution is 2.39. The summed E-state index contributed by atoms with van der Waals surface area (Å²) in [6, 6.07) is 5.24. The Bertz CT molecular complexity index is 478. The Morgan fingerprint density at radius 2 is 1.89 bits per heavy atom. The molecule has 0 aliphatic heterocycles. The molecular weight excluding hydrogens is 235 g/mol. The van der Waals surface area contributed by atoms with Crippen molar-refractivity contribution in [1.82, 2.24) is 0 Å². The molecule has 0 saturated heterocycles. The van der Waals surface area contributed by atoms with Crippen LogP contribution in [0.4, 0.5) is 4.39 Å². The lowest BCUT2D eigenvalue weighted by molar-refractivity contribution is 0.292. The number of hydrogen-bond acceptors (Lipinski definition) is 0. The Hall–Kier alpha value is -1.11. The number of benzene rings is 1. The Morgan fingerprint density at radius 1 is 1.11 bits per heavy atom. The summed E-state index contributed by atoms with van der Waals surface area (Å²) in [5, 5.41) is 0. The molecule has 3 rings (SSSR count). The fourth-order valence-electron chi connectivity index (χ4n) is 3.74. The Labute approximate surface area is 115 Å². The van der Waals surface area contributed by atoms with Crippen LogP contribution in [0.3, 0.4) is 0 Å². The fraction of sp³-hybridized carbons (Fsp3) is 0.556. The molecule has 0 unspecified atom stereocenters. The summed E-state index contributed by atoms with van der Waals surface area (Å²) in [5.41, 5.74) is 4.01. The van der Waals surface area contributed by atoms with Crippen LogP contribution in [0, 0.1) is 17.7 Å². The van der Waals surface area contributed by atoms with Crippen LogP contribution >= 0.6 is 0 Å². The first-order valence-corrected chi connectivity index (χ1v) is 7.75. The van der Waals surface area contributed by atoms with Gasteiger partial charge in [0.25, 0.3) is 0 Å². The summed E-state index contributed by atoms with van der Waals surface area (Å²) in [4.78, 5) is 0. The van der Waals surface area contributed by atoms with E-state index in [0.717, 1.165) is 23.8 Å². The molecule has 102 valence electrons. The Balaban J connectivity index is 1.76. The third-order valence-corrected chi connectivity index (χ3v) is 5.08. The van der Waals surface area contributed by atoms with Gasteiger partial charge < -0.3 is 0 Å². The van der Waals surface area contributed by atoms with Crippen molar-refractivity contribution in [2.45, 2.75) is 51.9 Å². The Morgan fingerprint density at radius 3 is 2.63 bits per heavy atom. The van der Waals surface area contributed by atoms with Crippen molar-refractivity contribution in [2.75, 3.05) is 0 Å². The first-order valence-electron chi connectivity index (χ1n) is 7.75. The molecule has 0 radical (unpaired) electrons. The van der Waals surface area contributed by atoms with Gasteiger partial charge in [-0.1, -0.05) is 31.1 Å². The maximum absolute atomic E-state index is 13.3. The summed E-state index contributed by atoms with van der Waals surface area (Å²) >= 11 is 0. The van der Waals surface area contributed by atoms with E-state index < -0.39 is 0 Å². The number of rotatable bonds is 2. The van der Waals surface area contributed by atoms with E-state index >= 15 is 0 Å². The van der Waals surface area contributed by atoms with Gasteiger partial charge in [-0.05, 0) is 73.6 Å². The van der Waals surface area contributed by atoms with Crippen LogP contribution in [0.5, 0.6) is 0 Å². The zero-order valence-corrected chi connectivity index (χ0v) is 11.8. The molecule has 1 saturated carbocycles. The minimum Gasteiger partial charge on any atom is -0.207 e. The summed E-state index contributed by atoms with van der Waals surface area (Å²) in [6.45, 7) is 2.31. The van der Waals surface area contributed by atoms with Gasteiger partial charge >= 0.3 is 0 Å². The molecule has 1 fully saturated rings. The molecule has 1 aromatic rings. The lowest BCUT2D eigenvalue weighted by Gasteiger charge is -2.31. The zero-order valence-electron chi connectivity index (χ0n) is 11.8. The van der Waals surface area contributed by atoms with E-state index in [0.29, 0.717) is 0 Å². The minimum absolute atomic E-state index is 0.106. The first-order chi connectivity index (χ1) is 9.26. The Kier molecular flexibility index (Phi) is 3.72. The average molecular weight is 258 g/mol. The predicted octanol–water partition coefficient (Wildman–Crippen LogP) is 5.37.